The second kappa shape index (κ2) is 7.35. The number of amides is 2. The summed E-state index contributed by atoms with van der Waals surface area (Å²) in [5.41, 5.74) is 1.35. The molecule has 2 rings (SSSR count). The Labute approximate surface area is 132 Å². The molecule has 120 valence electrons. The van der Waals surface area contributed by atoms with Crippen molar-refractivity contribution in [2.24, 2.45) is 0 Å². The van der Waals surface area contributed by atoms with Gasteiger partial charge in [-0.3, -0.25) is 9.59 Å². The van der Waals surface area contributed by atoms with E-state index in [1.807, 2.05) is 6.92 Å². The Hall–Kier alpha value is -2.96. The van der Waals surface area contributed by atoms with Gasteiger partial charge in [-0.05, 0) is 25.1 Å². The van der Waals surface area contributed by atoms with Gasteiger partial charge in [-0.15, -0.1) is 0 Å². The lowest BCUT2D eigenvalue weighted by Crippen LogP contribution is -2.35. The SMILES string of the molecule is COc1nc(C)ccc1CNC(=O)C(=O)Nc1ccccc1F. The summed E-state index contributed by atoms with van der Waals surface area (Å²) in [5, 5.41) is 4.65. The normalized spacial score (nSPS) is 10.0. The summed E-state index contributed by atoms with van der Waals surface area (Å²) in [7, 11) is 1.47. The number of hydrogen-bond acceptors (Lipinski definition) is 4. The van der Waals surface area contributed by atoms with Gasteiger partial charge < -0.3 is 15.4 Å². The topological polar surface area (TPSA) is 80.3 Å². The van der Waals surface area contributed by atoms with Crippen molar-refractivity contribution in [3.8, 4) is 5.88 Å². The summed E-state index contributed by atoms with van der Waals surface area (Å²) in [6.45, 7) is 1.88. The Morgan fingerprint density at radius 3 is 2.61 bits per heavy atom. The number of para-hydroxylation sites is 1. The zero-order valence-corrected chi connectivity index (χ0v) is 12.7. The molecule has 0 atom stereocenters. The van der Waals surface area contributed by atoms with E-state index < -0.39 is 17.6 Å². The van der Waals surface area contributed by atoms with Crippen LogP contribution in [0.4, 0.5) is 10.1 Å². The van der Waals surface area contributed by atoms with E-state index in [-0.39, 0.29) is 12.2 Å². The fourth-order valence-corrected chi connectivity index (χ4v) is 1.87. The van der Waals surface area contributed by atoms with Crippen LogP contribution in [-0.2, 0) is 16.1 Å². The summed E-state index contributed by atoms with van der Waals surface area (Å²) >= 11 is 0. The van der Waals surface area contributed by atoms with Crippen LogP contribution < -0.4 is 15.4 Å². The molecule has 2 N–H and O–H groups in total. The second-order valence-electron chi connectivity index (χ2n) is 4.74. The highest BCUT2D eigenvalue weighted by atomic mass is 19.1. The number of nitrogens with zero attached hydrogens (tertiary/aromatic N) is 1. The molecule has 6 nitrogen and oxygen atoms in total. The van der Waals surface area contributed by atoms with Crippen LogP contribution in [0.25, 0.3) is 0 Å². The van der Waals surface area contributed by atoms with Crippen LogP contribution in [0.2, 0.25) is 0 Å². The van der Waals surface area contributed by atoms with Gasteiger partial charge in [0.25, 0.3) is 0 Å². The van der Waals surface area contributed by atoms with Gasteiger partial charge in [-0.25, -0.2) is 9.37 Å². The van der Waals surface area contributed by atoms with Crippen LogP contribution >= 0.6 is 0 Å². The molecule has 7 heteroatoms. The lowest BCUT2D eigenvalue weighted by Gasteiger charge is -2.10. The number of anilines is 1. The Morgan fingerprint density at radius 2 is 1.91 bits per heavy atom. The standard InChI is InChI=1S/C16H16FN3O3/c1-10-7-8-11(16(19-10)23-2)9-18-14(21)15(22)20-13-6-4-3-5-12(13)17/h3-8H,9H2,1-2H3,(H,18,21)(H,20,22). The Bertz CT molecular complexity index is 734. The number of carbonyl (C=O) groups excluding carboxylic acids is 2. The number of rotatable bonds is 4. The highest BCUT2D eigenvalue weighted by Gasteiger charge is 2.16. The molecule has 2 aromatic rings. The van der Waals surface area contributed by atoms with Crippen LogP contribution in [0.3, 0.4) is 0 Å². The molecule has 1 aromatic carbocycles. The largest absolute Gasteiger partial charge is 0.481 e. The van der Waals surface area contributed by atoms with Crippen molar-refractivity contribution < 1.29 is 18.7 Å². The van der Waals surface area contributed by atoms with Crippen molar-refractivity contribution in [2.45, 2.75) is 13.5 Å². The Morgan fingerprint density at radius 1 is 1.17 bits per heavy atom. The molecule has 0 fully saturated rings. The molecular weight excluding hydrogens is 301 g/mol. The van der Waals surface area contributed by atoms with E-state index >= 15 is 0 Å². The van der Waals surface area contributed by atoms with Gasteiger partial charge in [0.15, 0.2) is 0 Å². The molecule has 0 saturated carbocycles. The van der Waals surface area contributed by atoms with Crippen molar-refractivity contribution >= 4 is 17.5 Å². The first-order valence-electron chi connectivity index (χ1n) is 6.85. The highest BCUT2D eigenvalue weighted by Crippen LogP contribution is 2.15. The quantitative estimate of drug-likeness (QED) is 0.843. The van der Waals surface area contributed by atoms with Crippen molar-refractivity contribution in [1.29, 1.82) is 0 Å². The number of hydrogen-bond donors (Lipinski definition) is 2. The Kier molecular flexibility index (Phi) is 5.24. The van der Waals surface area contributed by atoms with Crippen LogP contribution in [-0.4, -0.2) is 23.9 Å². The minimum absolute atomic E-state index is 0.0535. The number of aryl methyl sites for hydroxylation is 1. The maximum atomic E-state index is 13.4. The first-order valence-corrected chi connectivity index (χ1v) is 6.85. The molecule has 0 saturated heterocycles. The zero-order chi connectivity index (χ0) is 16.8. The fourth-order valence-electron chi connectivity index (χ4n) is 1.87. The number of pyridine rings is 1. The summed E-state index contributed by atoms with van der Waals surface area (Å²) in [5.74, 6) is -2.07. The van der Waals surface area contributed by atoms with E-state index in [1.165, 1.54) is 25.3 Å². The predicted molar refractivity (Wildman–Crippen MR) is 82.4 cm³/mol. The minimum atomic E-state index is -0.950. The molecule has 0 bridgehead atoms. The van der Waals surface area contributed by atoms with E-state index in [4.69, 9.17) is 4.74 Å². The number of nitrogens with one attached hydrogen (secondary N) is 2. The van der Waals surface area contributed by atoms with Crippen molar-refractivity contribution in [2.75, 3.05) is 12.4 Å². The number of carbonyl (C=O) groups is 2. The fraction of sp³-hybridized carbons (Fsp3) is 0.188. The maximum absolute atomic E-state index is 13.4. The van der Waals surface area contributed by atoms with Gasteiger partial charge in [-0.1, -0.05) is 18.2 Å². The smallest absolute Gasteiger partial charge is 0.313 e. The third-order valence-electron chi connectivity index (χ3n) is 3.04. The molecule has 2 amide bonds. The molecule has 0 aliphatic rings. The van der Waals surface area contributed by atoms with E-state index in [0.717, 1.165) is 5.69 Å². The summed E-state index contributed by atoms with van der Waals surface area (Å²) in [6.07, 6.45) is 0. The summed E-state index contributed by atoms with van der Waals surface area (Å²) in [6, 6.07) is 9.12. The average molecular weight is 317 g/mol. The average Bonchev–Trinajstić information content (AvgIpc) is 2.55. The maximum Gasteiger partial charge on any atom is 0.313 e. The Balaban J connectivity index is 1.97. The van der Waals surface area contributed by atoms with Gasteiger partial charge in [-0.2, -0.15) is 0 Å². The molecule has 0 aliphatic heterocycles. The molecule has 0 spiro atoms. The molecule has 1 aromatic heterocycles. The zero-order valence-electron chi connectivity index (χ0n) is 12.7. The predicted octanol–water partition coefficient (Wildman–Crippen LogP) is 1.79. The van der Waals surface area contributed by atoms with E-state index in [1.54, 1.807) is 18.2 Å². The summed E-state index contributed by atoms with van der Waals surface area (Å²) in [4.78, 5) is 27.7. The molecule has 23 heavy (non-hydrogen) atoms. The first-order chi connectivity index (χ1) is 11.0. The molecule has 0 aliphatic carbocycles. The molecule has 0 unspecified atom stereocenters. The van der Waals surface area contributed by atoms with Crippen molar-refractivity contribution in [1.82, 2.24) is 10.3 Å². The third kappa shape index (κ3) is 4.26. The number of ether oxygens (including phenoxy) is 1. The number of halogens is 1. The van der Waals surface area contributed by atoms with Crippen molar-refractivity contribution in [3.63, 3.8) is 0 Å². The highest BCUT2D eigenvalue weighted by molar-refractivity contribution is 6.39. The second-order valence-corrected chi connectivity index (χ2v) is 4.74. The minimum Gasteiger partial charge on any atom is -0.481 e. The number of methoxy groups -OCH3 is 1. The van der Waals surface area contributed by atoms with Crippen molar-refractivity contribution in [3.05, 3.63) is 53.5 Å². The van der Waals surface area contributed by atoms with Gasteiger partial charge in [0.1, 0.15) is 5.82 Å². The van der Waals surface area contributed by atoms with Crippen LogP contribution in [0.5, 0.6) is 5.88 Å². The van der Waals surface area contributed by atoms with Gasteiger partial charge in [0.2, 0.25) is 5.88 Å². The summed E-state index contributed by atoms with van der Waals surface area (Å²) < 4.78 is 18.5. The lowest BCUT2D eigenvalue weighted by molar-refractivity contribution is -0.136. The van der Waals surface area contributed by atoms with Crippen LogP contribution in [0.15, 0.2) is 36.4 Å². The van der Waals surface area contributed by atoms with E-state index in [0.29, 0.717) is 11.4 Å². The molecule has 1 heterocycles. The number of aromatic nitrogens is 1. The molecular formula is C16H16FN3O3. The lowest BCUT2D eigenvalue weighted by atomic mass is 10.2. The first kappa shape index (κ1) is 16.4. The van der Waals surface area contributed by atoms with Gasteiger partial charge in [0, 0.05) is 17.8 Å². The molecule has 0 radical (unpaired) electrons. The van der Waals surface area contributed by atoms with E-state index in [2.05, 4.69) is 15.6 Å². The van der Waals surface area contributed by atoms with Crippen LogP contribution in [0.1, 0.15) is 11.3 Å². The monoisotopic (exact) mass is 317 g/mol. The number of benzene rings is 1. The van der Waals surface area contributed by atoms with E-state index in [9.17, 15) is 14.0 Å². The third-order valence-corrected chi connectivity index (χ3v) is 3.04. The van der Waals surface area contributed by atoms with Gasteiger partial charge >= 0.3 is 11.8 Å². The van der Waals surface area contributed by atoms with Crippen LogP contribution in [0, 0.1) is 12.7 Å². The van der Waals surface area contributed by atoms with Gasteiger partial charge in [0.05, 0.1) is 12.8 Å².